The molecular weight excluding hydrogens is 448 g/mol. The van der Waals surface area contributed by atoms with Crippen molar-refractivity contribution in [3.8, 4) is 0 Å². The molecule has 6 nitrogen and oxygen atoms in total. The zero-order valence-corrected chi connectivity index (χ0v) is 23.1. The molecule has 0 unspecified atom stereocenters. The van der Waals surface area contributed by atoms with Gasteiger partial charge in [-0.2, -0.15) is 4.31 Å². The van der Waals surface area contributed by atoms with Crippen molar-refractivity contribution in [3.05, 3.63) is 58.7 Å². The van der Waals surface area contributed by atoms with Crippen LogP contribution in [0.4, 0.5) is 5.69 Å². The largest absolute Gasteiger partial charge is 0.397 e. The first-order chi connectivity index (χ1) is 16.2. The van der Waals surface area contributed by atoms with Crippen LogP contribution < -0.4 is 5.32 Å². The zero-order valence-electron chi connectivity index (χ0n) is 22.2. The summed E-state index contributed by atoms with van der Waals surface area (Å²) in [4.78, 5) is 12.8. The van der Waals surface area contributed by atoms with E-state index in [0.717, 1.165) is 30.4 Å². The molecule has 0 spiro atoms. The molecule has 0 aromatic heterocycles. The molecule has 1 aliphatic rings. The molecule has 1 heterocycles. The molecule has 0 bridgehead atoms. The number of aliphatic hydroxyl groups excluding tert-OH is 1. The molecule has 1 aliphatic heterocycles. The van der Waals surface area contributed by atoms with Crippen LogP contribution in [0.1, 0.15) is 80.9 Å². The van der Waals surface area contributed by atoms with Crippen LogP contribution in [0.3, 0.4) is 0 Å². The maximum atomic E-state index is 12.8. The number of amides is 1. The van der Waals surface area contributed by atoms with Crippen LogP contribution in [-0.2, 0) is 10.0 Å². The number of piperidine rings is 1. The van der Waals surface area contributed by atoms with Gasteiger partial charge in [-0.05, 0) is 87.6 Å². The smallest absolute Gasteiger partial charge is 0.255 e. The third-order valence-corrected chi connectivity index (χ3v) is 7.13. The summed E-state index contributed by atoms with van der Waals surface area (Å²) in [6.07, 6.45) is 2.82. The predicted octanol–water partition coefficient (Wildman–Crippen LogP) is 6.09. The highest BCUT2D eigenvalue weighted by atomic mass is 32.2. The Morgan fingerprint density at radius 1 is 0.941 bits per heavy atom. The van der Waals surface area contributed by atoms with E-state index in [-0.39, 0.29) is 17.4 Å². The topological polar surface area (TPSA) is 86.7 Å². The molecule has 0 aliphatic carbocycles. The summed E-state index contributed by atoms with van der Waals surface area (Å²) in [5, 5.41) is 10.4. The van der Waals surface area contributed by atoms with Gasteiger partial charge in [0, 0.05) is 30.9 Å². The van der Waals surface area contributed by atoms with E-state index in [0.29, 0.717) is 24.3 Å². The summed E-state index contributed by atoms with van der Waals surface area (Å²) in [6, 6.07) is 10.1. The third kappa shape index (κ3) is 9.20. The fraction of sp³-hybridized carbons (Fsp3) is 0.519. The molecule has 2 aromatic carbocycles. The molecule has 0 atom stereocenters. The Balaban J connectivity index is 0.00000141. The lowest BCUT2D eigenvalue weighted by molar-refractivity contribution is 0.102. The van der Waals surface area contributed by atoms with E-state index in [4.69, 9.17) is 5.11 Å². The highest BCUT2D eigenvalue weighted by Crippen LogP contribution is 2.23. The standard InChI is InChI=1S/C21H26N2O3S.C2H6O.2C2H6/c1-15-12-19(13-16(2)17(15)3)22-21(24)18-8-7-9-20(14-18)27(25,26)23-10-5-4-6-11-23;1-2-3;2*1-2/h7-9,12-14H,4-6,10-11H2,1-3H3,(H,22,24);3H,2H2,1H3;2*1-2H3. The lowest BCUT2D eigenvalue weighted by Crippen LogP contribution is -2.35. The van der Waals surface area contributed by atoms with Crippen molar-refractivity contribution in [2.45, 2.75) is 79.5 Å². The van der Waals surface area contributed by atoms with E-state index in [9.17, 15) is 13.2 Å². The molecule has 7 heteroatoms. The van der Waals surface area contributed by atoms with Crippen LogP contribution in [0.15, 0.2) is 41.3 Å². The molecule has 2 aromatic rings. The van der Waals surface area contributed by atoms with Gasteiger partial charge < -0.3 is 10.4 Å². The highest BCUT2D eigenvalue weighted by Gasteiger charge is 2.26. The Labute approximate surface area is 207 Å². The van der Waals surface area contributed by atoms with E-state index in [1.165, 1.54) is 15.9 Å². The van der Waals surface area contributed by atoms with Crippen LogP contribution in [0.2, 0.25) is 0 Å². The summed E-state index contributed by atoms with van der Waals surface area (Å²) >= 11 is 0. The molecule has 1 saturated heterocycles. The highest BCUT2D eigenvalue weighted by molar-refractivity contribution is 7.89. The Morgan fingerprint density at radius 2 is 1.44 bits per heavy atom. The molecular formula is C27H44N2O4S. The first kappa shape index (κ1) is 31.8. The number of carbonyl (C=O) groups is 1. The van der Waals surface area contributed by atoms with Crippen molar-refractivity contribution < 1.29 is 18.3 Å². The van der Waals surface area contributed by atoms with Gasteiger partial charge in [0.1, 0.15) is 0 Å². The Morgan fingerprint density at radius 3 is 1.94 bits per heavy atom. The van der Waals surface area contributed by atoms with Crippen molar-refractivity contribution >= 4 is 21.6 Å². The van der Waals surface area contributed by atoms with E-state index >= 15 is 0 Å². The number of benzene rings is 2. The lowest BCUT2D eigenvalue weighted by atomic mass is 10.0. The van der Waals surface area contributed by atoms with Crippen LogP contribution in [0, 0.1) is 20.8 Å². The second-order valence-electron chi connectivity index (χ2n) is 7.50. The van der Waals surface area contributed by atoms with Crippen molar-refractivity contribution in [2.75, 3.05) is 25.0 Å². The third-order valence-electron chi connectivity index (χ3n) is 5.23. The number of hydrogen-bond donors (Lipinski definition) is 2. The summed E-state index contributed by atoms with van der Waals surface area (Å²) < 4.78 is 27.2. The van der Waals surface area contributed by atoms with Gasteiger partial charge in [0.25, 0.3) is 5.91 Å². The fourth-order valence-corrected chi connectivity index (χ4v) is 4.93. The quantitative estimate of drug-likeness (QED) is 0.541. The molecule has 3 rings (SSSR count). The van der Waals surface area contributed by atoms with Crippen LogP contribution >= 0.6 is 0 Å². The maximum Gasteiger partial charge on any atom is 0.255 e. The average Bonchev–Trinajstić information content (AvgIpc) is 2.86. The van der Waals surface area contributed by atoms with E-state index in [2.05, 4.69) is 5.32 Å². The second-order valence-corrected chi connectivity index (χ2v) is 9.44. The van der Waals surface area contributed by atoms with Crippen LogP contribution in [0.5, 0.6) is 0 Å². The predicted molar refractivity (Wildman–Crippen MR) is 143 cm³/mol. The van der Waals surface area contributed by atoms with E-state index < -0.39 is 10.0 Å². The number of nitrogens with zero attached hydrogens (tertiary/aromatic N) is 1. The van der Waals surface area contributed by atoms with Gasteiger partial charge in [-0.25, -0.2) is 8.42 Å². The minimum Gasteiger partial charge on any atom is -0.397 e. The minimum absolute atomic E-state index is 0.174. The average molecular weight is 493 g/mol. The maximum absolute atomic E-state index is 12.8. The lowest BCUT2D eigenvalue weighted by Gasteiger charge is -2.26. The summed E-state index contributed by atoms with van der Waals surface area (Å²) in [6.45, 7) is 17.1. The minimum atomic E-state index is -3.56. The fourth-order valence-electron chi connectivity index (χ4n) is 3.36. The number of nitrogens with one attached hydrogen (secondary N) is 1. The number of sulfonamides is 1. The van der Waals surface area contributed by atoms with Gasteiger partial charge >= 0.3 is 0 Å². The number of aliphatic hydroxyl groups is 1. The van der Waals surface area contributed by atoms with Crippen LogP contribution in [-0.4, -0.2) is 43.4 Å². The zero-order chi connectivity index (χ0) is 26.3. The number of hydrogen-bond acceptors (Lipinski definition) is 4. The molecule has 192 valence electrons. The number of aryl methyl sites for hydroxylation is 2. The van der Waals surface area contributed by atoms with Gasteiger partial charge in [0.2, 0.25) is 10.0 Å². The Hall–Kier alpha value is -2.22. The van der Waals surface area contributed by atoms with E-state index in [1.54, 1.807) is 25.1 Å². The number of rotatable bonds is 4. The van der Waals surface area contributed by atoms with Gasteiger partial charge in [0.15, 0.2) is 0 Å². The van der Waals surface area contributed by atoms with Gasteiger partial charge in [0.05, 0.1) is 4.90 Å². The molecule has 1 amide bonds. The van der Waals surface area contributed by atoms with Crippen molar-refractivity contribution in [1.82, 2.24) is 4.31 Å². The monoisotopic (exact) mass is 492 g/mol. The molecule has 0 saturated carbocycles. The molecule has 0 radical (unpaired) electrons. The molecule has 34 heavy (non-hydrogen) atoms. The number of anilines is 1. The Bertz CT molecular complexity index is 959. The van der Waals surface area contributed by atoms with Crippen molar-refractivity contribution in [2.24, 2.45) is 0 Å². The SMILES string of the molecule is CC.CC.CCO.Cc1cc(NC(=O)c2cccc(S(=O)(=O)N3CCCCC3)c2)cc(C)c1C. The molecule has 2 N–H and O–H groups in total. The van der Waals surface area contributed by atoms with Gasteiger partial charge in [-0.3, -0.25) is 4.79 Å². The van der Waals surface area contributed by atoms with Crippen molar-refractivity contribution in [3.63, 3.8) is 0 Å². The Kier molecular flexibility index (Phi) is 15.3. The van der Waals surface area contributed by atoms with Crippen molar-refractivity contribution in [1.29, 1.82) is 0 Å². The van der Waals surface area contributed by atoms with Crippen LogP contribution in [0.25, 0.3) is 0 Å². The summed E-state index contributed by atoms with van der Waals surface area (Å²) in [7, 11) is -3.56. The van der Waals surface area contributed by atoms with Gasteiger partial charge in [-0.15, -0.1) is 0 Å². The summed E-state index contributed by atoms with van der Waals surface area (Å²) in [5.41, 5.74) is 4.45. The second kappa shape index (κ2) is 16.4. The number of carbonyl (C=O) groups excluding carboxylic acids is 1. The normalized spacial score (nSPS) is 13.2. The molecule has 1 fully saturated rings. The summed E-state index contributed by atoms with van der Waals surface area (Å²) in [5.74, 6) is -0.312. The van der Waals surface area contributed by atoms with E-state index in [1.807, 2.05) is 60.6 Å². The van der Waals surface area contributed by atoms with Gasteiger partial charge in [-0.1, -0.05) is 40.2 Å². The first-order valence-electron chi connectivity index (χ1n) is 12.3. The first-order valence-corrected chi connectivity index (χ1v) is 13.7.